The van der Waals surface area contributed by atoms with Crippen molar-refractivity contribution in [3.05, 3.63) is 51.8 Å². The highest BCUT2D eigenvalue weighted by atomic mass is 32.1. The number of pyridine rings is 2. The number of nitrogens with zero attached hydrogens (tertiary/aromatic N) is 4. The normalized spacial score (nSPS) is 12.8. The summed E-state index contributed by atoms with van der Waals surface area (Å²) in [5.41, 5.74) is 3.06. The summed E-state index contributed by atoms with van der Waals surface area (Å²) in [6.07, 6.45) is 6.72. The second kappa shape index (κ2) is 9.70. The molecule has 184 valence electrons. The zero-order chi connectivity index (χ0) is 25.2. The van der Waals surface area contributed by atoms with Gasteiger partial charge >= 0.3 is 11.8 Å². The van der Waals surface area contributed by atoms with Gasteiger partial charge in [0.05, 0.1) is 11.3 Å². The Morgan fingerprint density at radius 3 is 2.69 bits per heavy atom. The van der Waals surface area contributed by atoms with E-state index >= 15 is 0 Å². The van der Waals surface area contributed by atoms with E-state index in [0.717, 1.165) is 12.8 Å². The molecule has 1 saturated carbocycles. The molecule has 12 nitrogen and oxygen atoms in total. The van der Waals surface area contributed by atoms with E-state index in [2.05, 4.69) is 41.1 Å². The smallest absolute Gasteiger partial charge is 0.388 e. The van der Waals surface area contributed by atoms with Crippen molar-refractivity contribution in [1.82, 2.24) is 35.8 Å². The van der Waals surface area contributed by atoms with E-state index in [1.54, 1.807) is 31.5 Å². The fourth-order valence-corrected chi connectivity index (χ4v) is 4.51. The van der Waals surface area contributed by atoms with Crippen LogP contribution in [0.2, 0.25) is 0 Å². The molecule has 13 heteroatoms. The molecule has 0 atom stereocenters. The number of aromatic nitrogens is 5. The maximum Gasteiger partial charge on any atom is 0.434 e. The molecule has 4 aromatic rings. The monoisotopic (exact) mass is 506 g/mol. The van der Waals surface area contributed by atoms with Gasteiger partial charge in [0.2, 0.25) is 0 Å². The predicted octanol–water partition coefficient (Wildman–Crippen LogP) is 2.95. The SMILES string of the molecule is CCNC(=O)Nc1cc(-c2nc(C)c(C(=O)NC3CC3)s2)c(-c2cncc(-c3n[nH]c(=O)o3)c2)cn1. The highest BCUT2D eigenvalue weighted by Crippen LogP contribution is 2.37. The van der Waals surface area contributed by atoms with Crippen LogP contribution in [0.3, 0.4) is 0 Å². The standard InChI is InChI=1S/C23H22N8O4S/c1-3-25-22(33)29-17-7-15(21-27-11(2)18(36-21)19(32)28-14-4-5-14)16(10-26-17)12-6-13(9-24-8-12)20-30-31-23(34)35-20/h6-10,14H,3-5H2,1-2H3,(H,28,32)(H,31,34)(H2,25,26,29,33). The van der Waals surface area contributed by atoms with Gasteiger partial charge in [-0.25, -0.2) is 24.7 Å². The van der Waals surface area contributed by atoms with Crippen LogP contribution < -0.4 is 21.7 Å². The van der Waals surface area contributed by atoms with Crippen LogP contribution >= 0.6 is 11.3 Å². The zero-order valence-corrected chi connectivity index (χ0v) is 20.2. The number of H-pyrrole nitrogens is 1. The van der Waals surface area contributed by atoms with Crippen LogP contribution in [0.15, 0.2) is 39.9 Å². The average molecular weight is 507 g/mol. The molecule has 5 rings (SSSR count). The van der Waals surface area contributed by atoms with E-state index in [9.17, 15) is 14.4 Å². The van der Waals surface area contributed by atoms with Crippen LogP contribution in [0.25, 0.3) is 33.2 Å². The molecule has 0 aromatic carbocycles. The molecule has 4 N–H and O–H groups in total. The van der Waals surface area contributed by atoms with Crippen LogP contribution in [0.4, 0.5) is 10.6 Å². The lowest BCUT2D eigenvalue weighted by molar-refractivity contribution is 0.0954. The van der Waals surface area contributed by atoms with Gasteiger partial charge in [-0.1, -0.05) is 0 Å². The predicted molar refractivity (Wildman–Crippen MR) is 133 cm³/mol. The largest absolute Gasteiger partial charge is 0.434 e. The van der Waals surface area contributed by atoms with Crippen LogP contribution in [0.5, 0.6) is 0 Å². The Kier molecular flexibility index (Phi) is 6.29. The quantitative estimate of drug-likeness (QED) is 0.297. The van der Waals surface area contributed by atoms with E-state index in [4.69, 9.17) is 4.42 Å². The first-order valence-corrected chi connectivity index (χ1v) is 12.1. The van der Waals surface area contributed by atoms with Crippen molar-refractivity contribution in [1.29, 1.82) is 0 Å². The first-order valence-electron chi connectivity index (χ1n) is 11.3. The maximum absolute atomic E-state index is 12.7. The molecule has 1 aliphatic rings. The van der Waals surface area contributed by atoms with Crippen molar-refractivity contribution in [2.75, 3.05) is 11.9 Å². The van der Waals surface area contributed by atoms with E-state index in [0.29, 0.717) is 50.2 Å². The number of hydrogen-bond donors (Lipinski definition) is 4. The third kappa shape index (κ3) is 5.00. The molecule has 4 aromatic heterocycles. The van der Waals surface area contributed by atoms with Gasteiger partial charge in [-0.3, -0.25) is 15.1 Å². The van der Waals surface area contributed by atoms with Crippen LogP contribution in [0.1, 0.15) is 35.1 Å². The highest BCUT2D eigenvalue weighted by molar-refractivity contribution is 7.17. The summed E-state index contributed by atoms with van der Waals surface area (Å²) in [4.78, 5) is 50.1. The lowest BCUT2D eigenvalue weighted by Crippen LogP contribution is -2.28. The second-order valence-electron chi connectivity index (χ2n) is 8.16. The van der Waals surface area contributed by atoms with Gasteiger partial charge in [-0.15, -0.1) is 16.4 Å². The number of anilines is 1. The maximum atomic E-state index is 12.7. The van der Waals surface area contributed by atoms with Crippen LogP contribution in [-0.2, 0) is 0 Å². The highest BCUT2D eigenvalue weighted by Gasteiger charge is 2.26. The number of amides is 3. The number of urea groups is 1. The molecular formula is C23H22N8O4S. The van der Waals surface area contributed by atoms with Crippen molar-refractivity contribution in [3.63, 3.8) is 0 Å². The molecule has 0 unspecified atom stereocenters. The van der Waals surface area contributed by atoms with Gasteiger partial charge < -0.3 is 15.1 Å². The molecule has 0 aliphatic heterocycles. The molecular weight excluding hydrogens is 484 g/mol. The third-order valence-corrected chi connectivity index (χ3v) is 6.55. The number of aryl methyl sites for hydroxylation is 1. The first-order chi connectivity index (χ1) is 17.4. The number of rotatable bonds is 7. The van der Waals surface area contributed by atoms with E-state index < -0.39 is 5.76 Å². The molecule has 4 heterocycles. The van der Waals surface area contributed by atoms with Crippen molar-refractivity contribution < 1.29 is 14.0 Å². The molecule has 0 bridgehead atoms. The average Bonchev–Trinajstić information content (AvgIpc) is 3.42. The van der Waals surface area contributed by atoms with Crippen molar-refractivity contribution in [2.24, 2.45) is 0 Å². The molecule has 0 radical (unpaired) electrons. The molecule has 0 spiro atoms. The summed E-state index contributed by atoms with van der Waals surface area (Å²) in [7, 11) is 0. The minimum Gasteiger partial charge on any atom is -0.388 e. The molecule has 1 aliphatic carbocycles. The Balaban J connectivity index is 1.58. The van der Waals surface area contributed by atoms with Crippen LogP contribution in [0, 0.1) is 6.92 Å². The lowest BCUT2D eigenvalue weighted by Gasteiger charge is -2.11. The molecule has 1 fully saturated rings. The fourth-order valence-electron chi connectivity index (χ4n) is 3.51. The fraction of sp³-hybridized carbons (Fsp3) is 0.261. The van der Waals surface area contributed by atoms with E-state index in [1.165, 1.54) is 17.5 Å². The van der Waals surface area contributed by atoms with Crippen molar-refractivity contribution >= 4 is 29.1 Å². The second-order valence-corrected chi connectivity index (χ2v) is 9.16. The Morgan fingerprint density at radius 2 is 1.97 bits per heavy atom. The number of thiazole rings is 1. The number of carbonyl (C=O) groups excluding carboxylic acids is 2. The minimum atomic E-state index is -0.672. The van der Waals surface area contributed by atoms with Gasteiger partial charge in [0, 0.05) is 47.9 Å². The Hall–Kier alpha value is -4.39. The number of hydrogen-bond acceptors (Lipinski definition) is 9. The summed E-state index contributed by atoms with van der Waals surface area (Å²) in [5, 5.41) is 15.1. The summed E-state index contributed by atoms with van der Waals surface area (Å²) in [6.45, 7) is 4.07. The first kappa shape index (κ1) is 23.4. The summed E-state index contributed by atoms with van der Waals surface area (Å²) >= 11 is 1.26. The zero-order valence-electron chi connectivity index (χ0n) is 19.4. The molecule has 3 amide bonds. The van der Waals surface area contributed by atoms with Crippen molar-refractivity contribution in [2.45, 2.75) is 32.7 Å². The molecule has 0 saturated heterocycles. The Labute approximate surface area is 208 Å². The van der Waals surface area contributed by atoms with Gasteiger partial charge in [0.1, 0.15) is 15.7 Å². The number of carbonyl (C=O) groups is 2. The van der Waals surface area contributed by atoms with E-state index in [-0.39, 0.29) is 23.9 Å². The molecule has 36 heavy (non-hydrogen) atoms. The van der Waals surface area contributed by atoms with Gasteiger partial charge in [-0.05, 0) is 38.8 Å². The lowest BCUT2D eigenvalue weighted by atomic mass is 10.0. The summed E-state index contributed by atoms with van der Waals surface area (Å²) in [5.74, 6) is -0.400. The minimum absolute atomic E-state index is 0.0995. The Bertz CT molecular complexity index is 1500. The van der Waals surface area contributed by atoms with Gasteiger partial charge in [0.15, 0.2) is 0 Å². The van der Waals surface area contributed by atoms with Crippen molar-refractivity contribution in [3.8, 4) is 33.2 Å². The summed E-state index contributed by atoms with van der Waals surface area (Å²) in [6, 6.07) is 3.29. The van der Waals surface area contributed by atoms with Crippen LogP contribution in [-0.4, -0.2) is 49.7 Å². The number of aromatic amines is 1. The van der Waals surface area contributed by atoms with Gasteiger partial charge in [0.25, 0.3) is 11.8 Å². The number of nitrogens with one attached hydrogen (secondary N) is 4. The van der Waals surface area contributed by atoms with E-state index in [1.807, 2.05) is 6.92 Å². The summed E-state index contributed by atoms with van der Waals surface area (Å²) < 4.78 is 5.06. The van der Waals surface area contributed by atoms with Gasteiger partial charge in [-0.2, -0.15) is 0 Å². The topological polar surface area (TPSA) is 168 Å². The third-order valence-electron chi connectivity index (χ3n) is 5.36. The Morgan fingerprint density at radius 1 is 1.17 bits per heavy atom.